The molecule has 1 atom stereocenters. The molecule has 2 amide bonds. The van der Waals surface area contributed by atoms with Gasteiger partial charge in [0.1, 0.15) is 5.75 Å². The molecule has 0 spiro atoms. The van der Waals surface area contributed by atoms with Gasteiger partial charge in [-0.25, -0.2) is 8.42 Å². The number of methoxy groups -OCH3 is 1. The lowest BCUT2D eigenvalue weighted by molar-refractivity contribution is -0.133. The number of fused-ring (bicyclic) bond motifs is 1. The quantitative estimate of drug-likeness (QED) is 0.392. The number of amides is 2. The highest BCUT2D eigenvalue weighted by Crippen LogP contribution is 2.38. The predicted molar refractivity (Wildman–Crippen MR) is 149 cm³/mol. The first kappa shape index (κ1) is 27.8. The summed E-state index contributed by atoms with van der Waals surface area (Å²) in [6.07, 6.45) is 2.16. The van der Waals surface area contributed by atoms with Crippen molar-refractivity contribution in [1.29, 1.82) is 0 Å². The number of carbonyl (C=O) groups is 2. The summed E-state index contributed by atoms with van der Waals surface area (Å²) in [7, 11) is -2.32. The predicted octanol–water partition coefficient (Wildman–Crippen LogP) is 4.68. The van der Waals surface area contributed by atoms with E-state index in [0.29, 0.717) is 18.7 Å². The fourth-order valence-electron chi connectivity index (χ4n) is 4.65. The van der Waals surface area contributed by atoms with Crippen LogP contribution in [0.3, 0.4) is 0 Å². The highest BCUT2D eigenvalue weighted by Gasteiger charge is 2.35. The van der Waals surface area contributed by atoms with Gasteiger partial charge < -0.3 is 15.0 Å². The summed E-state index contributed by atoms with van der Waals surface area (Å²) >= 11 is 1.68. The Bertz CT molecular complexity index is 1370. The zero-order valence-corrected chi connectivity index (χ0v) is 23.5. The topological polar surface area (TPSA) is 96.0 Å². The SMILES string of the molecule is CCCCN(CC(=O)N1CCc2sccc2[C@@H]1c1ccc(OC)cc1)S(=O)(=O)c1ccc(NC(C)=O)cc1. The number of ether oxygens (including phenoxy) is 1. The smallest absolute Gasteiger partial charge is 0.243 e. The maximum absolute atomic E-state index is 13.8. The van der Waals surface area contributed by atoms with Crippen molar-refractivity contribution in [2.24, 2.45) is 0 Å². The van der Waals surface area contributed by atoms with Gasteiger partial charge >= 0.3 is 0 Å². The standard InChI is InChI=1S/C28H33N3O5S2/c1-4-5-16-30(38(34,35)24-12-8-22(9-13-24)29-20(2)32)19-27(33)31-17-14-26-25(15-18-37-26)28(31)21-6-10-23(36-3)11-7-21/h6-13,15,18,28H,4-5,14,16-17,19H2,1-3H3,(H,29,32)/t28-/m0/s1. The van der Waals surface area contributed by atoms with Crippen molar-refractivity contribution in [3.05, 3.63) is 76.0 Å². The summed E-state index contributed by atoms with van der Waals surface area (Å²) in [4.78, 5) is 28.3. The third-order valence-electron chi connectivity index (χ3n) is 6.60. The van der Waals surface area contributed by atoms with E-state index in [2.05, 4.69) is 11.4 Å². The van der Waals surface area contributed by atoms with E-state index in [4.69, 9.17) is 4.74 Å². The van der Waals surface area contributed by atoms with Gasteiger partial charge in [-0.15, -0.1) is 11.3 Å². The molecule has 10 heteroatoms. The molecule has 0 radical (unpaired) electrons. The van der Waals surface area contributed by atoms with E-state index in [1.807, 2.05) is 36.6 Å². The summed E-state index contributed by atoms with van der Waals surface area (Å²) in [5.74, 6) is 0.254. The molecule has 3 aromatic rings. The number of nitrogens with one attached hydrogen (secondary N) is 1. The van der Waals surface area contributed by atoms with Crippen molar-refractivity contribution in [2.75, 3.05) is 32.1 Å². The number of carbonyl (C=O) groups excluding carboxylic acids is 2. The van der Waals surface area contributed by atoms with Crippen LogP contribution in [-0.2, 0) is 26.0 Å². The van der Waals surface area contributed by atoms with E-state index in [0.717, 1.165) is 29.7 Å². The van der Waals surface area contributed by atoms with Crippen molar-refractivity contribution in [3.8, 4) is 5.75 Å². The second kappa shape index (κ2) is 12.1. The third-order valence-corrected chi connectivity index (χ3v) is 9.46. The molecule has 1 aliphatic heterocycles. The van der Waals surface area contributed by atoms with Gasteiger partial charge in [0.2, 0.25) is 21.8 Å². The van der Waals surface area contributed by atoms with Crippen molar-refractivity contribution in [3.63, 3.8) is 0 Å². The van der Waals surface area contributed by atoms with Crippen molar-refractivity contribution < 1.29 is 22.7 Å². The molecule has 38 heavy (non-hydrogen) atoms. The van der Waals surface area contributed by atoms with Gasteiger partial charge in [-0.05, 0) is 71.8 Å². The molecular weight excluding hydrogens is 522 g/mol. The molecule has 8 nitrogen and oxygen atoms in total. The fourth-order valence-corrected chi connectivity index (χ4v) is 6.99. The van der Waals surface area contributed by atoms with Crippen LogP contribution in [0.5, 0.6) is 5.75 Å². The third kappa shape index (κ3) is 6.09. The van der Waals surface area contributed by atoms with Crippen LogP contribution in [0.2, 0.25) is 0 Å². The van der Waals surface area contributed by atoms with Crippen molar-refractivity contribution in [1.82, 2.24) is 9.21 Å². The van der Waals surface area contributed by atoms with Crippen LogP contribution in [0.25, 0.3) is 0 Å². The normalized spacial score (nSPS) is 15.3. The lowest BCUT2D eigenvalue weighted by atomic mass is 9.93. The lowest BCUT2D eigenvalue weighted by Gasteiger charge is -2.37. The molecule has 1 aliphatic rings. The molecule has 1 aromatic heterocycles. The number of unbranched alkanes of at least 4 members (excludes halogenated alkanes) is 1. The highest BCUT2D eigenvalue weighted by atomic mass is 32.2. The van der Waals surface area contributed by atoms with Crippen molar-refractivity contribution in [2.45, 2.75) is 44.0 Å². The highest BCUT2D eigenvalue weighted by molar-refractivity contribution is 7.89. The number of nitrogens with zero attached hydrogens (tertiary/aromatic N) is 2. The van der Waals surface area contributed by atoms with Crippen LogP contribution in [0.1, 0.15) is 48.7 Å². The molecule has 2 aromatic carbocycles. The van der Waals surface area contributed by atoms with Crippen LogP contribution >= 0.6 is 11.3 Å². The van der Waals surface area contributed by atoms with E-state index in [1.54, 1.807) is 35.5 Å². The van der Waals surface area contributed by atoms with Crippen molar-refractivity contribution >= 4 is 38.9 Å². The van der Waals surface area contributed by atoms with E-state index in [9.17, 15) is 18.0 Å². The summed E-state index contributed by atoms with van der Waals surface area (Å²) in [5, 5.41) is 4.68. The monoisotopic (exact) mass is 555 g/mol. The second-order valence-corrected chi connectivity index (χ2v) is 12.1. The van der Waals surface area contributed by atoms with E-state index < -0.39 is 10.0 Å². The van der Waals surface area contributed by atoms with Crippen LogP contribution in [0, 0.1) is 0 Å². The molecule has 202 valence electrons. The van der Waals surface area contributed by atoms with Gasteiger partial charge in [-0.2, -0.15) is 4.31 Å². The molecule has 0 aliphatic carbocycles. The van der Waals surface area contributed by atoms with Crippen LogP contribution in [0.4, 0.5) is 5.69 Å². The minimum Gasteiger partial charge on any atom is -0.497 e. The van der Waals surface area contributed by atoms with Gasteiger partial charge in [-0.3, -0.25) is 9.59 Å². The zero-order valence-electron chi connectivity index (χ0n) is 21.8. The van der Waals surface area contributed by atoms with E-state index >= 15 is 0 Å². The maximum atomic E-state index is 13.8. The fraction of sp³-hybridized carbons (Fsp3) is 0.357. The van der Waals surface area contributed by atoms with Gasteiger partial charge in [0.25, 0.3) is 0 Å². The first-order valence-electron chi connectivity index (χ1n) is 12.6. The Morgan fingerprint density at radius 2 is 1.82 bits per heavy atom. The Morgan fingerprint density at radius 1 is 1.11 bits per heavy atom. The molecule has 0 bridgehead atoms. The van der Waals surface area contributed by atoms with Crippen LogP contribution < -0.4 is 10.1 Å². The summed E-state index contributed by atoms with van der Waals surface area (Å²) < 4.78 is 33.8. The average Bonchev–Trinajstić information content (AvgIpc) is 3.39. The molecule has 0 saturated heterocycles. The first-order chi connectivity index (χ1) is 18.2. The Labute approximate surface area is 228 Å². The second-order valence-electron chi connectivity index (χ2n) is 9.21. The molecule has 2 heterocycles. The summed E-state index contributed by atoms with van der Waals surface area (Å²) in [6.45, 7) is 3.87. The maximum Gasteiger partial charge on any atom is 0.243 e. The molecule has 4 rings (SSSR count). The van der Waals surface area contributed by atoms with Crippen LogP contribution in [-0.4, -0.2) is 56.2 Å². The number of rotatable bonds is 10. The Hall–Kier alpha value is -3.21. The number of anilines is 1. The Balaban J connectivity index is 1.62. The Morgan fingerprint density at radius 3 is 2.45 bits per heavy atom. The molecule has 1 N–H and O–H groups in total. The summed E-state index contributed by atoms with van der Waals surface area (Å²) in [5.41, 5.74) is 2.54. The summed E-state index contributed by atoms with van der Waals surface area (Å²) in [6, 6.07) is 15.4. The largest absolute Gasteiger partial charge is 0.497 e. The Kier molecular flexibility index (Phi) is 8.86. The molecular formula is C28H33N3O5S2. The first-order valence-corrected chi connectivity index (χ1v) is 14.9. The minimum atomic E-state index is -3.93. The number of thiophene rings is 1. The van der Waals surface area contributed by atoms with Gasteiger partial charge in [-0.1, -0.05) is 25.5 Å². The van der Waals surface area contributed by atoms with Gasteiger partial charge in [0.05, 0.1) is 24.6 Å². The van der Waals surface area contributed by atoms with Crippen LogP contribution in [0.15, 0.2) is 64.9 Å². The lowest BCUT2D eigenvalue weighted by Crippen LogP contribution is -2.47. The molecule has 0 saturated carbocycles. The number of hydrogen-bond acceptors (Lipinski definition) is 6. The minimum absolute atomic E-state index is 0.0842. The van der Waals surface area contributed by atoms with Gasteiger partial charge in [0, 0.05) is 30.6 Å². The van der Waals surface area contributed by atoms with Gasteiger partial charge in [0.15, 0.2) is 0 Å². The molecule has 0 fully saturated rings. The molecule has 0 unspecified atom stereocenters. The van der Waals surface area contributed by atoms with E-state index in [-0.39, 0.29) is 35.8 Å². The number of sulfonamides is 1. The number of hydrogen-bond donors (Lipinski definition) is 1. The zero-order chi connectivity index (χ0) is 27.3. The number of benzene rings is 2. The average molecular weight is 556 g/mol. The van der Waals surface area contributed by atoms with E-state index in [1.165, 1.54) is 28.2 Å².